The summed E-state index contributed by atoms with van der Waals surface area (Å²) in [7, 11) is 0. The topological polar surface area (TPSA) is 23.5 Å². The predicted molar refractivity (Wildman–Crippen MR) is 72.2 cm³/mol. The molecule has 1 aromatic carbocycles. The molecular formula is C14H23NO. The van der Waals surface area contributed by atoms with Gasteiger partial charge in [-0.05, 0) is 25.0 Å². The molecular weight excluding hydrogens is 198 g/mol. The average Bonchev–Trinajstić information content (AvgIpc) is 2.32. The van der Waals surface area contributed by atoms with Crippen LogP contribution in [0.3, 0.4) is 0 Å². The van der Waals surface area contributed by atoms with Gasteiger partial charge in [0.1, 0.15) is 5.75 Å². The van der Waals surface area contributed by atoms with E-state index >= 15 is 0 Å². The summed E-state index contributed by atoms with van der Waals surface area (Å²) in [6.07, 6.45) is 2.21. The smallest absolute Gasteiger partial charge is 0.138 e. The second-order valence-electron chi connectivity index (χ2n) is 3.48. The van der Waals surface area contributed by atoms with Crippen LogP contribution >= 0.6 is 0 Å². The van der Waals surface area contributed by atoms with E-state index in [1.165, 1.54) is 0 Å². The maximum Gasteiger partial charge on any atom is 0.138 e. The Hall–Kier alpha value is -1.44. The molecule has 2 heteroatoms. The van der Waals surface area contributed by atoms with Crippen LogP contribution in [0.4, 0.5) is 5.69 Å². The van der Waals surface area contributed by atoms with Crippen molar-refractivity contribution in [1.29, 1.82) is 0 Å². The second kappa shape index (κ2) is 8.84. The first-order valence-electron chi connectivity index (χ1n) is 5.82. The van der Waals surface area contributed by atoms with E-state index in [1.807, 2.05) is 18.2 Å². The summed E-state index contributed by atoms with van der Waals surface area (Å²) in [5.41, 5.74) is 0.955. The summed E-state index contributed by atoms with van der Waals surface area (Å²) >= 11 is 0. The van der Waals surface area contributed by atoms with Crippen LogP contribution in [0.5, 0.6) is 5.75 Å². The highest BCUT2D eigenvalue weighted by Gasteiger charge is 2.07. The first-order chi connectivity index (χ1) is 7.79. The zero-order valence-corrected chi connectivity index (χ0v) is 10.4. The number of benzene rings is 1. The lowest BCUT2D eigenvalue weighted by Crippen LogP contribution is -2.24. The van der Waals surface area contributed by atoms with Crippen LogP contribution in [0.25, 0.3) is 0 Å². The van der Waals surface area contributed by atoms with Crippen molar-refractivity contribution in [2.75, 3.05) is 18.0 Å². The maximum atomic E-state index is 9.69. The number of aromatic hydroxyl groups is 1. The van der Waals surface area contributed by atoms with E-state index in [2.05, 4.69) is 31.9 Å². The summed E-state index contributed by atoms with van der Waals surface area (Å²) in [6, 6.07) is 7.54. The van der Waals surface area contributed by atoms with E-state index in [4.69, 9.17) is 0 Å². The molecule has 0 aliphatic rings. The number of hydrogen-bond acceptors (Lipinski definition) is 2. The SMILES string of the molecule is C=C.CCCN(CCC)c1ccccc1O. The first-order valence-corrected chi connectivity index (χ1v) is 5.82. The van der Waals surface area contributed by atoms with E-state index in [1.54, 1.807) is 6.07 Å². The van der Waals surface area contributed by atoms with E-state index in [0.717, 1.165) is 31.6 Å². The molecule has 2 nitrogen and oxygen atoms in total. The van der Waals surface area contributed by atoms with E-state index < -0.39 is 0 Å². The van der Waals surface area contributed by atoms with Crippen molar-refractivity contribution in [2.45, 2.75) is 26.7 Å². The quantitative estimate of drug-likeness (QED) is 0.764. The largest absolute Gasteiger partial charge is 0.506 e. The predicted octanol–water partition coefficient (Wildman–Crippen LogP) is 3.82. The maximum absolute atomic E-state index is 9.69. The van der Waals surface area contributed by atoms with Crippen molar-refractivity contribution >= 4 is 5.69 Å². The minimum atomic E-state index is 0.384. The molecule has 0 saturated heterocycles. The summed E-state index contributed by atoms with van der Waals surface area (Å²) in [5, 5.41) is 9.69. The lowest BCUT2D eigenvalue weighted by atomic mass is 10.2. The Bertz CT molecular complexity index is 280. The molecule has 0 aliphatic carbocycles. The van der Waals surface area contributed by atoms with Gasteiger partial charge >= 0.3 is 0 Å². The number of phenols is 1. The molecule has 0 fully saturated rings. The van der Waals surface area contributed by atoms with Crippen molar-refractivity contribution in [1.82, 2.24) is 0 Å². The van der Waals surface area contributed by atoms with Crippen LogP contribution in [0.2, 0.25) is 0 Å². The molecule has 0 heterocycles. The number of anilines is 1. The first kappa shape index (κ1) is 14.6. The minimum absolute atomic E-state index is 0.384. The zero-order valence-electron chi connectivity index (χ0n) is 10.4. The molecule has 0 unspecified atom stereocenters. The van der Waals surface area contributed by atoms with Crippen LogP contribution in [-0.2, 0) is 0 Å². The molecule has 0 saturated carbocycles. The Morgan fingerprint density at radius 3 is 2.00 bits per heavy atom. The fourth-order valence-electron chi connectivity index (χ4n) is 1.62. The molecule has 16 heavy (non-hydrogen) atoms. The molecule has 0 radical (unpaired) electrons. The number of para-hydroxylation sites is 2. The van der Waals surface area contributed by atoms with Gasteiger partial charge in [0.2, 0.25) is 0 Å². The normalized spacial score (nSPS) is 9.12. The molecule has 0 bridgehead atoms. The van der Waals surface area contributed by atoms with Crippen molar-refractivity contribution < 1.29 is 5.11 Å². The van der Waals surface area contributed by atoms with Gasteiger partial charge in [-0.25, -0.2) is 0 Å². The number of nitrogens with zero attached hydrogens (tertiary/aromatic N) is 1. The van der Waals surface area contributed by atoms with E-state index in [0.29, 0.717) is 5.75 Å². The van der Waals surface area contributed by atoms with Gasteiger partial charge in [-0.15, -0.1) is 13.2 Å². The molecule has 1 rings (SSSR count). The number of hydrogen-bond donors (Lipinski definition) is 1. The van der Waals surface area contributed by atoms with Crippen molar-refractivity contribution in [3.63, 3.8) is 0 Å². The Morgan fingerprint density at radius 1 is 1.06 bits per heavy atom. The van der Waals surface area contributed by atoms with Crippen molar-refractivity contribution in [3.8, 4) is 5.75 Å². The fourth-order valence-corrected chi connectivity index (χ4v) is 1.62. The lowest BCUT2D eigenvalue weighted by Gasteiger charge is -2.24. The number of rotatable bonds is 5. The summed E-state index contributed by atoms with van der Waals surface area (Å²) in [5.74, 6) is 0.384. The lowest BCUT2D eigenvalue weighted by molar-refractivity contribution is 0.473. The van der Waals surface area contributed by atoms with E-state index in [9.17, 15) is 5.11 Å². The van der Waals surface area contributed by atoms with Crippen LogP contribution in [0, 0.1) is 0 Å². The molecule has 0 spiro atoms. The summed E-state index contributed by atoms with van der Waals surface area (Å²) in [6.45, 7) is 12.3. The Balaban J connectivity index is 0.00000106. The van der Waals surface area contributed by atoms with Gasteiger partial charge < -0.3 is 10.0 Å². The fraction of sp³-hybridized carbons (Fsp3) is 0.429. The Morgan fingerprint density at radius 2 is 1.56 bits per heavy atom. The molecule has 0 aliphatic heterocycles. The molecule has 90 valence electrons. The van der Waals surface area contributed by atoms with Gasteiger partial charge in [0, 0.05) is 13.1 Å². The van der Waals surface area contributed by atoms with Crippen LogP contribution in [0.1, 0.15) is 26.7 Å². The van der Waals surface area contributed by atoms with Crippen LogP contribution in [-0.4, -0.2) is 18.2 Å². The minimum Gasteiger partial charge on any atom is -0.506 e. The van der Waals surface area contributed by atoms with Gasteiger partial charge in [0.05, 0.1) is 5.69 Å². The molecule has 1 aromatic rings. The highest BCUT2D eigenvalue weighted by molar-refractivity contribution is 5.57. The standard InChI is InChI=1S/C12H19NO.C2H4/c1-3-9-13(10-4-2)11-7-5-6-8-12(11)14;1-2/h5-8,14H,3-4,9-10H2,1-2H3;1-2H2. The van der Waals surface area contributed by atoms with Crippen LogP contribution < -0.4 is 4.90 Å². The zero-order chi connectivity index (χ0) is 12.4. The number of phenolic OH excluding ortho intramolecular Hbond substituents is 1. The average molecular weight is 221 g/mol. The van der Waals surface area contributed by atoms with Crippen molar-refractivity contribution in [2.24, 2.45) is 0 Å². The highest BCUT2D eigenvalue weighted by atomic mass is 16.3. The van der Waals surface area contributed by atoms with Gasteiger partial charge in [-0.1, -0.05) is 26.0 Å². The second-order valence-corrected chi connectivity index (χ2v) is 3.48. The van der Waals surface area contributed by atoms with Gasteiger partial charge in [-0.3, -0.25) is 0 Å². The third kappa shape index (κ3) is 4.39. The Labute approximate surface area is 99.2 Å². The third-order valence-corrected chi connectivity index (χ3v) is 2.21. The van der Waals surface area contributed by atoms with Gasteiger partial charge in [0.25, 0.3) is 0 Å². The highest BCUT2D eigenvalue weighted by Crippen LogP contribution is 2.26. The molecule has 0 atom stereocenters. The molecule has 1 N–H and O–H groups in total. The summed E-state index contributed by atoms with van der Waals surface area (Å²) < 4.78 is 0. The Kier molecular flexibility index (Phi) is 8.04. The summed E-state index contributed by atoms with van der Waals surface area (Å²) in [4.78, 5) is 2.23. The monoisotopic (exact) mass is 221 g/mol. The van der Waals surface area contributed by atoms with Gasteiger partial charge in [0.15, 0.2) is 0 Å². The van der Waals surface area contributed by atoms with E-state index in [-0.39, 0.29) is 0 Å². The van der Waals surface area contributed by atoms with Crippen molar-refractivity contribution in [3.05, 3.63) is 37.4 Å². The molecule has 0 aromatic heterocycles. The molecule has 0 amide bonds. The third-order valence-electron chi connectivity index (χ3n) is 2.21. The van der Waals surface area contributed by atoms with Crippen LogP contribution in [0.15, 0.2) is 37.4 Å². The van der Waals surface area contributed by atoms with Gasteiger partial charge in [-0.2, -0.15) is 0 Å².